The van der Waals surface area contributed by atoms with Gasteiger partial charge >= 0.3 is 5.97 Å². The molecule has 0 radical (unpaired) electrons. The van der Waals surface area contributed by atoms with Crippen molar-refractivity contribution < 1.29 is 9.90 Å². The lowest BCUT2D eigenvalue weighted by Crippen LogP contribution is -2.17. The molecule has 5 nitrogen and oxygen atoms in total. The second-order valence-corrected chi connectivity index (χ2v) is 4.73. The van der Waals surface area contributed by atoms with Crippen LogP contribution < -0.4 is 5.32 Å². The fourth-order valence-corrected chi connectivity index (χ4v) is 2.12. The van der Waals surface area contributed by atoms with E-state index >= 15 is 0 Å². The van der Waals surface area contributed by atoms with Gasteiger partial charge in [0.15, 0.2) is 11.5 Å². The van der Waals surface area contributed by atoms with Gasteiger partial charge in [0.2, 0.25) is 0 Å². The minimum Gasteiger partial charge on any atom is -0.476 e. The first kappa shape index (κ1) is 13.4. The number of carboxylic acid groups (broad SMARTS) is 1. The molecule has 0 aromatic carbocycles. The van der Waals surface area contributed by atoms with Crippen molar-refractivity contribution in [3.63, 3.8) is 0 Å². The summed E-state index contributed by atoms with van der Waals surface area (Å²) in [6, 6.07) is 5.65. The number of carbonyl (C=O) groups is 1. The van der Waals surface area contributed by atoms with E-state index in [0.717, 1.165) is 19.3 Å². The van der Waals surface area contributed by atoms with E-state index < -0.39 is 5.97 Å². The summed E-state index contributed by atoms with van der Waals surface area (Å²) < 4.78 is 1.59. The summed E-state index contributed by atoms with van der Waals surface area (Å²) in [4.78, 5) is 15.7. The van der Waals surface area contributed by atoms with Crippen LogP contribution in [0.3, 0.4) is 0 Å². The monoisotopic (exact) mass is 261 g/mol. The number of aromatic nitrogens is 2. The number of aromatic carboxylic acids is 1. The molecule has 1 unspecified atom stereocenters. The molecule has 2 aromatic rings. The van der Waals surface area contributed by atoms with Gasteiger partial charge in [-0.1, -0.05) is 25.8 Å². The van der Waals surface area contributed by atoms with E-state index in [9.17, 15) is 9.90 Å². The van der Waals surface area contributed by atoms with Crippen LogP contribution in [0.4, 0.5) is 5.82 Å². The molecule has 2 N–H and O–H groups in total. The number of unbranched alkanes of at least 4 members (excludes halogenated alkanes) is 1. The third-order valence-electron chi connectivity index (χ3n) is 3.11. The average molecular weight is 261 g/mol. The van der Waals surface area contributed by atoms with Crippen LogP contribution in [0.15, 0.2) is 24.4 Å². The van der Waals surface area contributed by atoms with E-state index in [1.165, 1.54) is 0 Å². The first-order valence-electron chi connectivity index (χ1n) is 6.60. The van der Waals surface area contributed by atoms with Gasteiger partial charge in [0, 0.05) is 12.2 Å². The van der Waals surface area contributed by atoms with Crippen LogP contribution in [0.5, 0.6) is 0 Å². The molecular formula is C14H19N3O2. The van der Waals surface area contributed by atoms with Gasteiger partial charge in [0.25, 0.3) is 0 Å². The lowest BCUT2D eigenvalue weighted by Gasteiger charge is -2.13. The molecule has 2 aromatic heterocycles. The van der Waals surface area contributed by atoms with Gasteiger partial charge in [-0.15, -0.1) is 0 Å². The molecule has 0 aliphatic rings. The number of rotatable bonds is 6. The summed E-state index contributed by atoms with van der Waals surface area (Å²) in [6.07, 6.45) is 4.96. The summed E-state index contributed by atoms with van der Waals surface area (Å²) in [6.45, 7) is 4.19. The van der Waals surface area contributed by atoms with Crippen LogP contribution in [-0.4, -0.2) is 26.5 Å². The SMILES string of the molecule is CCCCC(C)Nc1nc2ccccn2c1C(=O)O. The molecule has 19 heavy (non-hydrogen) atoms. The number of pyridine rings is 1. The number of hydrogen-bond donors (Lipinski definition) is 2. The van der Waals surface area contributed by atoms with Gasteiger partial charge in [-0.2, -0.15) is 0 Å². The number of nitrogens with one attached hydrogen (secondary N) is 1. The number of imidazole rings is 1. The maximum absolute atomic E-state index is 11.4. The van der Waals surface area contributed by atoms with Gasteiger partial charge in [0.05, 0.1) is 0 Å². The second-order valence-electron chi connectivity index (χ2n) is 4.73. The average Bonchev–Trinajstić information content (AvgIpc) is 2.74. The molecule has 0 bridgehead atoms. The third-order valence-corrected chi connectivity index (χ3v) is 3.11. The number of anilines is 1. The fraction of sp³-hybridized carbons (Fsp3) is 0.429. The summed E-state index contributed by atoms with van der Waals surface area (Å²) in [5, 5.41) is 12.5. The topological polar surface area (TPSA) is 66.6 Å². The Morgan fingerprint density at radius 3 is 3.00 bits per heavy atom. The van der Waals surface area contributed by atoms with Crippen molar-refractivity contribution in [1.82, 2.24) is 9.38 Å². The number of carboxylic acids is 1. The summed E-state index contributed by atoms with van der Waals surface area (Å²) >= 11 is 0. The van der Waals surface area contributed by atoms with E-state index in [-0.39, 0.29) is 11.7 Å². The highest BCUT2D eigenvalue weighted by molar-refractivity contribution is 5.93. The molecule has 0 spiro atoms. The Morgan fingerprint density at radius 2 is 2.32 bits per heavy atom. The highest BCUT2D eigenvalue weighted by atomic mass is 16.4. The Hall–Kier alpha value is -2.04. The fourth-order valence-electron chi connectivity index (χ4n) is 2.12. The van der Waals surface area contributed by atoms with Gasteiger partial charge in [-0.05, 0) is 25.5 Å². The first-order chi connectivity index (χ1) is 9.13. The molecule has 0 saturated carbocycles. The van der Waals surface area contributed by atoms with Crippen LogP contribution in [0, 0.1) is 0 Å². The van der Waals surface area contributed by atoms with Gasteiger partial charge in [-0.3, -0.25) is 4.40 Å². The van der Waals surface area contributed by atoms with Crippen molar-refractivity contribution in [2.75, 3.05) is 5.32 Å². The standard InChI is InChI=1S/C14H19N3O2/c1-3-4-7-10(2)15-13-12(14(18)19)17-9-6-5-8-11(17)16-13/h5-6,8-10,15H,3-4,7H2,1-2H3,(H,18,19). The zero-order valence-electron chi connectivity index (χ0n) is 11.3. The van der Waals surface area contributed by atoms with Crippen LogP contribution >= 0.6 is 0 Å². The molecule has 0 amide bonds. The van der Waals surface area contributed by atoms with Gasteiger partial charge in [-0.25, -0.2) is 9.78 Å². The Bertz CT molecular complexity index is 577. The van der Waals surface area contributed by atoms with E-state index in [1.54, 1.807) is 22.7 Å². The zero-order valence-corrected chi connectivity index (χ0v) is 11.3. The maximum Gasteiger partial charge on any atom is 0.356 e. The first-order valence-corrected chi connectivity index (χ1v) is 6.60. The number of fused-ring (bicyclic) bond motifs is 1. The largest absolute Gasteiger partial charge is 0.476 e. The lowest BCUT2D eigenvalue weighted by atomic mass is 10.1. The predicted molar refractivity (Wildman–Crippen MR) is 74.8 cm³/mol. The van der Waals surface area contributed by atoms with Crippen molar-refractivity contribution in [1.29, 1.82) is 0 Å². The van der Waals surface area contributed by atoms with Crippen molar-refractivity contribution in [3.05, 3.63) is 30.1 Å². The zero-order chi connectivity index (χ0) is 13.8. The predicted octanol–water partition coefficient (Wildman–Crippen LogP) is 3.02. The minimum atomic E-state index is -0.969. The van der Waals surface area contributed by atoms with Crippen molar-refractivity contribution in [3.8, 4) is 0 Å². The molecule has 2 heterocycles. The molecule has 1 atom stereocenters. The van der Waals surface area contributed by atoms with Crippen LogP contribution in [-0.2, 0) is 0 Å². The molecule has 2 rings (SSSR count). The second kappa shape index (κ2) is 5.73. The molecule has 0 fully saturated rings. The normalized spacial score (nSPS) is 12.5. The molecule has 0 aliphatic heterocycles. The summed E-state index contributed by atoms with van der Waals surface area (Å²) in [5.41, 5.74) is 0.837. The number of hydrogen-bond acceptors (Lipinski definition) is 3. The summed E-state index contributed by atoms with van der Waals surface area (Å²) in [5.74, 6) is -0.522. The van der Waals surface area contributed by atoms with Crippen molar-refractivity contribution >= 4 is 17.4 Å². The molecule has 0 aliphatic carbocycles. The smallest absolute Gasteiger partial charge is 0.356 e. The van der Waals surface area contributed by atoms with Gasteiger partial charge in [0.1, 0.15) is 5.65 Å². The van der Waals surface area contributed by atoms with Crippen LogP contribution in [0.1, 0.15) is 43.6 Å². The minimum absolute atomic E-state index is 0.193. The Labute approximate surface area is 112 Å². The molecule has 102 valence electrons. The Morgan fingerprint density at radius 1 is 1.53 bits per heavy atom. The number of nitrogens with zero attached hydrogens (tertiary/aromatic N) is 2. The maximum atomic E-state index is 11.4. The lowest BCUT2D eigenvalue weighted by molar-refractivity contribution is 0.0690. The highest BCUT2D eigenvalue weighted by Crippen LogP contribution is 2.19. The van der Waals surface area contributed by atoms with Crippen molar-refractivity contribution in [2.45, 2.75) is 39.2 Å². The van der Waals surface area contributed by atoms with E-state index in [1.807, 2.05) is 13.0 Å². The third kappa shape index (κ3) is 2.86. The summed E-state index contributed by atoms with van der Waals surface area (Å²) in [7, 11) is 0. The van der Waals surface area contributed by atoms with Crippen LogP contribution in [0.25, 0.3) is 5.65 Å². The highest BCUT2D eigenvalue weighted by Gasteiger charge is 2.19. The Kier molecular flexibility index (Phi) is 4.04. The molecule has 5 heteroatoms. The molecular weight excluding hydrogens is 242 g/mol. The van der Waals surface area contributed by atoms with E-state index in [2.05, 4.69) is 17.2 Å². The van der Waals surface area contributed by atoms with E-state index in [0.29, 0.717) is 11.5 Å². The quantitative estimate of drug-likeness (QED) is 0.838. The van der Waals surface area contributed by atoms with Crippen LogP contribution in [0.2, 0.25) is 0 Å². The van der Waals surface area contributed by atoms with E-state index in [4.69, 9.17) is 0 Å². The van der Waals surface area contributed by atoms with Crippen molar-refractivity contribution in [2.24, 2.45) is 0 Å². The Balaban J connectivity index is 2.31. The van der Waals surface area contributed by atoms with Gasteiger partial charge < -0.3 is 10.4 Å². The molecule has 0 saturated heterocycles.